The molecule has 96 valence electrons. The van der Waals surface area contributed by atoms with Crippen LogP contribution in [0.25, 0.3) is 0 Å². The highest BCUT2D eigenvalue weighted by Crippen LogP contribution is 2.61. The SMILES string of the molecule is C[C@@H]1CN(C(=O)C2(C)CC2(F)F)C[C@H]1C(=O)O. The number of hydrogen-bond donors (Lipinski definition) is 1. The Morgan fingerprint density at radius 2 is 1.88 bits per heavy atom. The lowest BCUT2D eigenvalue weighted by Gasteiger charge is -2.20. The zero-order chi connectivity index (χ0) is 13.0. The van der Waals surface area contributed by atoms with Crippen LogP contribution in [0.4, 0.5) is 8.78 Å². The lowest BCUT2D eigenvalue weighted by molar-refractivity contribution is -0.143. The van der Waals surface area contributed by atoms with Gasteiger partial charge in [0.15, 0.2) is 0 Å². The summed E-state index contributed by atoms with van der Waals surface area (Å²) in [7, 11) is 0. The Bertz CT molecular complexity index is 385. The first-order valence-corrected chi connectivity index (χ1v) is 5.59. The van der Waals surface area contributed by atoms with Crippen molar-refractivity contribution < 1.29 is 23.5 Å². The number of carboxylic acids is 1. The van der Waals surface area contributed by atoms with Gasteiger partial charge in [-0.25, -0.2) is 8.78 Å². The molecule has 0 bridgehead atoms. The maximum atomic E-state index is 13.1. The number of rotatable bonds is 2. The molecule has 3 atom stereocenters. The van der Waals surface area contributed by atoms with Crippen LogP contribution in [-0.2, 0) is 9.59 Å². The second-order valence-corrected chi connectivity index (χ2v) is 5.35. The standard InChI is InChI=1S/C11H15F2NO3/c1-6-3-14(4-7(6)8(15)16)9(17)10(2)5-11(10,12)13/h6-7H,3-5H2,1-2H3,(H,15,16)/t6-,7-,10?/m1/s1. The minimum absolute atomic E-state index is 0.0427. The zero-order valence-corrected chi connectivity index (χ0v) is 9.74. The largest absolute Gasteiger partial charge is 0.481 e. The van der Waals surface area contributed by atoms with Crippen LogP contribution in [0.15, 0.2) is 0 Å². The lowest BCUT2D eigenvalue weighted by Crippen LogP contribution is -2.37. The van der Waals surface area contributed by atoms with Gasteiger partial charge in [0.1, 0.15) is 5.41 Å². The van der Waals surface area contributed by atoms with E-state index in [-0.39, 0.29) is 19.0 Å². The summed E-state index contributed by atoms with van der Waals surface area (Å²) in [6.45, 7) is 3.26. The van der Waals surface area contributed by atoms with Crippen LogP contribution < -0.4 is 0 Å². The van der Waals surface area contributed by atoms with E-state index in [0.29, 0.717) is 0 Å². The van der Waals surface area contributed by atoms with Crippen molar-refractivity contribution in [3.8, 4) is 0 Å². The van der Waals surface area contributed by atoms with Crippen LogP contribution in [0.1, 0.15) is 20.3 Å². The molecule has 2 aliphatic rings. The smallest absolute Gasteiger partial charge is 0.308 e. The molecule has 0 spiro atoms. The monoisotopic (exact) mass is 247 g/mol. The molecule has 1 N–H and O–H groups in total. The van der Waals surface area contributed by atoms with Gasteiger partial charge in [-0.1, -0.05) is 6.92 Å². The first-order valence-electron chi connectivity index (χ1n) is 5.59. The molecule has 6 heteroatoms. The maximum absolute atomic E-state index is 13.1. The number of amides is 1. The average Bonchev–Trinajstić information content (AvgIpc) is 2.58. The third-order valence-electron chi connectivity index (χ3n) is 3.95. The van der Waals surface area contributed by atoms with E-state index < -0.39 is 35.6 Å². The van der Waals surface area contributed by atoms with Crippen LogP contribution in [0.2, 0.25) is 0 Å². The van der Waals surface area contributed by atoms with Crippen molar-refractivity contribution in [1.29, 1.82) is 0 Å². The minimum atomic E-state index is -2.94. The Hall–Kier alpha value is -1.20. The summed E-state index contributed by atoms with van der Waals surface area (Å²) in [6.07, 6.45) is -0.429. The van der Waals surface area contributed by atoms with Crippen LogP contribution in [0, 0.1) is 17.3 Å². The number of carboxylic acid groups (broad SMARTS) is 1. The summed E-state index contributed by atoms with van der Waals surface area (Å²) >= 11 is 0. The fourth-order valence-electron chi connectivity index (χ4n) is 2.43. The molecule has 1 unspecified atom stereocenters. The lowest BCUT2D eigenvalue weighted by atomic mass is 9.99. The second kappa shape index (κ2) is 3.40. The van der Waals surface area contributed by atoms with Crippen molar-refractivity contribution in [2.24, 2.45) is 17.3 Å². The van der Waals surface area contributed by atoms with Gasteiger partial charge in [-0.05, 0) is 12.8 Å². The highest BCUT2D eigenvalue weighted by atomic mass is 19.3. The first kappa shape index (κ1) is 12.3. The van der Waals surface area contributed by atoms with Crippen molar-refractivity contribution in [3.63, 3.8) is 0 Å². The number of likely N-dealkylation sites (tertiary alicyclic amines) is 1. The average molecular weight is 247 g/mol. The molecule has 0 radical (unpaired) electrons. The first-order chi connectivity index (χ1) is 7.69. The van der Waals surface area contributed by atoms with Gasteiger partial charge in [-0.2, -0.15) is 0 Å². The van der Waals surface area contributed by atoms with Gasteiger partial charge in [0.25, 0.3) is 5.92 Å². The molecule has 1 saturated carbocycles. The number of alkyl halides is 2. The Morgan fingerprint density at radius 3 is 2.24 bits per heavy atom. The van der Waals surface area contributed by atoms with Crippen LogP contribution in [0.5, 0.6) is 0 Å². The van der Waals surface area contributed by atoms with E-state index in [1.54, 1.807) is 6.92 Å². The van der Waals surface area contributed by atoms with Gasteiger partial charge in [0.05, 0.1) is 5.92 Å². The molecular weight excluding hydrogens is 232 g/mol. The molecule has 1 heterocycles. The third-order valence-corrected chi connectivity index (χ3v) is 3.95. The van der Waals surface area contributed by atoms with E-state index in [1.807, 2.05) is 0 Å². The fraction of sp³-hybridized carbons (Fsp3) is 0.818. The topological polar surface area (TPSA) is 57.6 Å². The van der Waals surface area contributed by atoms with E-state index in [0.717, 1.165) is 0 Å². The van der Waals surface area contributed by atoms with Crippen molar-refractivity contribution in [1.82, 2.24) is 4.90 Å². The van der Waals surface area contributed by atoms with Crippen molar-refractivity contribution in [3.05, 3.63) is 0 Å². The normalized spacial score (nSPS) is 39.2. The quantitative estimate of drug-likeness (QED) is 0.798. The molecule has 2 fully saturated rings. The van der Waals surface area contributed by atoms with Gasteiger partial charge < -0.3 is 10.0 Å². The number of carbonyl (C=O) groups excluding carboxylic acids is 1. The molecule has 1 aliphatic carbocycles. The summed E-state index contributed by atoms with van der Waals surface area (Å²) in [5.74, 6) is -5.35. The molecule has 1 saturated heterocycles. The number of halogens is 2. The van der Waals surface area contributed by atoms with Crippen molar-refractivity contribution in [2.75, 3.05) is 13.1 Å². The number of nitrogens with zero attached hydrogens (tertiary/aromatic N) is 1. The van der Waals surface area contributed by atoms with Gasteiger partial charge >= 0.3 is 5.97 Å². The van der Waals surface area contributed by atoms with Gasteiger partial charge in [-0.3, -0.25) is 9.59 Å². The Labute approximate surface area is 97.6 Å². The Kier molecular flexibility index (Phi) is 2.45. The molecule has 1 aliphatic heterocycles. The molecule has 2 rings (SSSR count). The Balaban J connectivity index is 2.07. The van der Waals surface area contributed by atoms with E-state index in [1.165, 1.54) is 11.8 Å². The molecule has 17 heavy (non-hydrogen) atoms. The summed E-state index contributed by atoms with van der Waals surface area (Å²) in [6, 6.07) is 0. The highest BCUT2D eigenvalue weighted by Gasteiger charge is 2.73. The van der Waals surface area contributed by atoms with Crippen LogP contribution >= 0.6 is 0 Å². The van der Waals surface area contributed by atoms with Gasteiger partial charge in [0.2, 0.25) is 5.91 Å². The predicted molar refractivity (Wildman–Crippen MR) is 54.5 cm³/mol. The molecule has 4 nitrogen and oxygen atoms in total. The zero-order valence-electron chi connectivity index (χ0n) is 9.74. The van der Waals surface area contributed by atoms with Gasteiger partial charge in [0, 0.05) is 19.5 Å². The summed E-state index contributed by atoms with van der Waals surface area (Å²) in [5, 5.41) is 8.92. The van der Waals surface area contributed by atoms with Crippen LogP contribution in [-0.4, -0.2) is 40.9 Å². The molecule has 0 aromatic heterocycles. The highest BCUT2D eigenvalue weighted by molar-refractivity contribution is 5.88. The number of hydrogen-bond acceptors (Lipinski definition) is 2. The van der Waals surface area contributed by atoms with Crippen molar-refractivity contribution in [2.45, 2.75) is 26.2 Å². The number of carbonyl (C=O) groups is 2. The van der Waals surface area contributed by atoms with E-state index in [2.05, 4.69) is 0 Å². The summed E-state index contributed by atoms with van der Waals surface area (Å²) in [5.41, 5.74) is -1.61. The predicted octanol–water partition coefficient (Wildman–Crippen LogP) is 1.21. The Morgan fingerprint density at radius 1 is 1.35 bits per heavy atom. The van der Waals surface area contributed by atoms with E-state index >= 15 is 0 Å². The van der Waals surface area contributed by atoms with E-state index in [4.69, 9.17) is 5.11 Å². The second-order valence-electron chi connectivity index (χ2n) is 5.35. The molecule has 0 aromatic rings. The summed E-state index contributed by atoms with van der Waals surface area (Å²) in [4.78, 5) is 24.1. The van der Waals surface area contributed by atoms with Gasteiger partial charge in [-0.15, -0.1) is 0 Å². The van der Waals surface area contributed by atoms with Crippen molar-refractivity contribution >= 4 is 11.9 Å². The minimum Gasteiger partial charge on any atom is -0.481 e. The summed E-state index contributed by atoms with van der Waals surface area (Å²) < 4.78 is 26.1. The maximum Gasteiger partial charge on any atom is 0.308 e. The molecule has 1 amide bonds. The molecular formula is C11H15F2NO3. The van der Waals surface area contributed by atoms with E-state index in [9.17, 15) is 18.4 Å². The third kappa shape index (κ3) is 1.70. The fourth-order valence-corrected chi connectivity index (χ4v) is 2.43. The molecule has 0 aromatic carbocycles. The van der Waals surface area contributed by atoms with Crippen LogP contribution in [0.3, 0.4) is 0 Å². The number of aliphatic carboxylic acids is 1.